The molecule has 0 heterocycles. The highest BCUT2D eigenvalue weighted by atomic mass is 19.1. The molecular formula is C17H17FN2O2. The fourth-order valence-corrected chi connectivity index (χ4v) is 1.96. The Hall–Kier alpha value is -2.69. The molecule has 0 saturated heterocycles. The van der Waals surface area contributed by atoms with Gasteiger partial charge >= 0.3 is 0 Å². The summed E-state index contributed by atoms with van der Waals surface area (Å²) in [4.78, 5) is 23.4. The maximum atomic E-state index is 13.0. The van der Waals surface area contributed by atoms with Gasteiger partial charge in [-0.15, -0.1) is 0 Å². The predicted octanol–water partition coefficient (Wildman–Crippen LogP) is 1.91. The molecule has 0 fully saturated rings. The Labute approximate surface area is 128 Å². The van der Waals surface area contributed by atoms with E-state index in [1.54, 1.807) is 36.4 Å². The number of hydrogen-bond acceptors (Lipinski definition) is 2. The number of carbonyl (C=O) groups excluding carboxylic acids is 2. The molecule has 5 heteroatoms. The maximum absolute atomic E-state index is 13.0. The van der Waals surface area contributed by atoms with E-state index >= 15 is 0 Å². The molecule has 0 aliphatic rings. The molecule has 2 rings (SSSR count). The molecule has 0 radical (unpaired) electrons. The Balaban J connectivity index is 1.68. The molecule has 2 N–H and O–H groups in total. The SMILES string of the molecule is O=C(Cc1cccc(F)c1)NCCNC(=O)c1ccccc1. The Morgan fingerprint density at radius 2 is 1.64 bits per heavy atom. The van der Waals surface area contributed by atoms with Gasteiger partial charge in [0.05, 0.1) is 6.42 Å². The monoisotopic (exact) mass is 300 g/mol. The molecule has 0 saturated carbocycles. The lowest BCUT2D eigenvalue weighted by atomic mass is 10.1. The van der Waals surface area contributed by atoms with Gasteiger partial charge in [-0.25, -0.2) is 4.39 Å². The molecule has 0 aliphatic carbocycles. The molecule has 0 aromatic heterocycles. The van der Waals surface area contributed by atoms with Gasteiger partial charge in [-0.2, -0.15) is 0 Å². The molecule has 22 heavy (non-hydrogen) atoms. The average Bonchev–Trinajstić information content (AvgIpc) is 2.52. The minimum Gasteiger partial charge on any atom is -0.354 e. The highest BCUT2D eigenvalue weighted by Crippen LogP contribution is 2.03. The van der Waals surface area contributed by atoms with Gasteiger partial charge in [0.2, 0.25) is 5.91 Å². The zero-order chi connectivity index (χ0) is 15.8. The number of benzene rings is 2. The molecule has 2 aromatic carbocycles. The van der Waals surface area contributed by atoms with Gasteiger partial charge in [-0.1, -0.05) is 30.3 Å². The third-order valence-corrected chi connectivity index (χ3v) is 3.02. The standard InChI is InChI=1S/C17H17FN2O2/c18-15-8-4-5-13(11-15)12-16(21)19-9-10-20-17(22)14-6-2-1-3-7-14/h1-8,11H,9-10,12H2,(H,19,21)(H,20,22). The van der Waals surface area contributed by atoms with Crippen molar-refractivity contribution in [1.82, 2.24) is 10.6 Å². The third kappa shape index (κ3) is 5.01. The van der Waals surface area contributed by atoms with Crippen LogP contribution in [0, 0.1) is 5.82 Å². The Morgan fingerprint density at radius 3 is 2.36 bits per heavy atom. The topological polar surface area (TPSA) is 58.2 Å². The first-order valence-corrected chi connectivity index (χ1v) is 6.99. The first-order chi connectivity index (χ1) is 10.6. The summed E-state index contributed by atoms with van der Waals surface area (Å²) in [6.45, 7) is 0.662. The molecule has 4 nitrogen and oxygen atoms in total. The van der Waals surface area contributed by atoms with Crippen molar-refractivity contribution in [2.24, 2.45) is 0 Å². The molecule has 114 valence electrons. The first-order valence-electron chi connectivity index (χ1n) is 6.99. The van der Waals surface area contributed by atoms with E-state index in [1.165, 1.54) is 12.1 Å². The van der Waals surface area contributed by atoms with Crippen LogP contribution in [0.5, 0.6) is 0 Å². The summed E-state index contributed by atoms with van der Waals surface area (Å²) in [5, 5.41) is 5.39. The summed E-state index contributed by atoms with van der Waals surface area (Å²) in [7, 11) is 0. The van der Waals surface area contributed by atoms with Gasteiger partial charge in [-0.05, 0) is 29.8 Å². The van der Waals surface area contributed by atoms with Crippen molar-refractivity contribution in [2.45, 2.75) is 6.42 Å². The molecule has 0 unspecified atom stereocenters. The molecule has 0 atom stereocenters. The molecule has 0 spiro atoms. The second-order valence-electron chi connectivity index (χ2n) is 4.78. The molecule has 2 aromatic rings. The summed E-state index contributed by atoms with van der Waals surface area (Å²) in [6, 6.07) is 14.8. The average molecular weight is 300 g/mol. The summed E-state index contributed by atoms with van der Waals surface area (Å²) in [5.41, 5.74) is 1.19. The van der Waals surface area contributed by atoms with Crippen LogP contribution in [-0.2, 0) is 11.2 Å². The van der Waals surface area contributed by atoms with Gasteiger partial charge in [0.25, 0.3) is 5.91 Å². The van der Waals surface area contributed by atoms with Crippen LogP contribution < -0.4 is 10.6 Å². The van der Waals surface area contributed by atoms with Crippen LogP contribution in [0.4, 0.5) is 4.39 Å². The van der Waals surface area contributed by atoms with E-state index in [-0.39, 0.29) is 24.1 Å². The van der Waals surface area contributed by atoms with Gasteiger partial charge < -0.3 is 10.6 Å². The minimum atomic E-state index is -0.361. The summed E-state index contributed by atoms with van der Waals surface area (Å²) in [6.07, 6.45) is 0.115. The van der Waals surface area contributed by atoms with Crippen molar-refractivity contribution in [3.8, 4) is 0 Å². The van der Waals surface area contributed by atoms with Crippen molar-refractivity contribution in [1.29, 1.82) is 0 Å². The second kappa shape index (κ2) is 7.93. The number of rotatable bonds is 6. The van der Waals surface area contributed by atoms with Crippen molar-refractivity contribution in [3.05, 3.63) is 71.5 Å². The van der Waals surface area contributed by atoms with Crippen LogP contribution in [0.2, 0.25) is 0 Å². The summed E-state index contributed by atoms with van der Waals surface area (Å²) < 4.78 is 13.0. The Morgan fingerprint density at radius 1 is 0.909 bits per heavy atom. The van der Waals surface area contributed by atoms with E-state index in [2.05, 4.69) is 10.6 Å². The number of halogens is 1. The van der Waals surface area contributed by atoms with Crippen LogP contribution in [0.3, 0.4) is 0 Å². The second-order valence-corrected chi connectivity index (χ2v) is 4.78. The Bertz CT molecular complexity index is 644. The number of nitrogens with one attached hydrogen (secondary N) is 2. The van der Waals surface area contributed by atoms with Crippen molar-refractivity contribution >= 4 is 11.8 Å². The lowest BCUT2D eigenvalue weighted by molar-refractivity contribution is -0.120. The van der Waals surface area contributed by atoms with Crippen LogP contribution in [0.25, 0.3) is 0 Å². The van der Waals surface area contributed by atoms with E-state index in [0.29, 0.717) is 24.2 Å². The zero-order valence-electron chi connectivity index (χ0n) is 12.0. The smallest absolute Gasteiger partial charge is 0.251 e. The van der Waals surface area contributed by atoms with E-state index in [0.717, 1.165) is 0 Å². The molecule has 2 amide bonds. The number of amides is 2. The lowest BCUT2D eigenvalue weighted by Crippen LogP contribution is -2.35. The first kappa shape index (κ1) is 15.7. The van der Waals surface area contributed by atoms with Gasteiger partial charge in [-0.3, -0.25) is 9.59 Å². The summed E-state index contributed by atoms with van der Waals surface area (Å²) in [5.74, 6) is -0.750. The van der Waals surface area contributed by atoms with Gasteiger partial charge in [0, 0.05) is 18.7 Å². The normalized spacial score (nSPS) is 10.0. The van der Waals surface area contributed by atoms with Crippen molar-refractivity contribution < 1.29 is 14.0 Å². The lowest BCUT2D eigenvalue weighted by Gasteiger charge is -2.07. The fourth-order valence-electron chi connectivity index (χ4n) is 1.96. The molecule has 0 bridgehead atoms. The minimum absolute atomic E-state index is 0.115. The third-order valence-electron chi connectivity index (χ3n) is 3.02. The molecule has 0 aliphatic heterocycles. The largest absolute Gasteiger partial charge is 0.354 e. The highest BCUT2D eigenvalue weighted by molar-refractivity contribution is 5.94. The number of carbonyl (C=O) groups is 2. The van der Waals surface area contributed by atoms with Crippen LogP contribution >= 0.6 is 0 Å². The summed E-state index contributed by atoms with van der Waals surface area (Å²) >= 11 is 0. The molecular weight excluding hydrogens is 283 g/mol. The maximum Gasteiger partial charge on any atom is 0.251 e. The Kier molecular flexibility index (Phi) is 5.65. The van der Waals surface area contributed by atoms with Crippen LogP contribution in [-0.4, -0.2) is 24.9 Å². The van der Waals surface area contributed by atoms with Crippen LogP contribution in [0.15, 0.2) is 54.6 Å². The predicted molar refractivity (Wildman–Crippen MR) is 81.9 cm³/mol. The van der Waals surface area contributed by atoms with Crippen LogP contribution in [0.1, 0.15) is 15.9 Å². The highest BCUT2D eigenvalue weighted by Gasteiger charge is 2.05. The van der Waals surface area contributed by atoms with E-state index < -0.39 is 0 Å². The fraction of sp³-hybridized carbons (Fsp3) is 0.176. The van der Waals surface area contributed by atoms with Crippen molar-refractivity contribution in [3.63, 3.8) is 0 Å². The van der Waals surface area contributed by atoms with E-state index in [9.17, 15) is 14.0 Å². The number of hydrogen-bond donors (Lipinski definition) is 2. The van der Waals surface area contributed by atoms with Gasteiger partial charge in [0.1, 0.15) is 5.82 Å². The van der Waals surface area contributed by atoms with Gasteiger partial charge in [0.15, 0.2) is 0 Å². The van der Waals surface area contributed by atoms with E-state index in [1.807, 2.05) is 6.07 Å². The quantitative estimate of drug-likeness (QED) is 0.801. The van der Waals surface area contributed by atoms with Crippen molar-refractivity contribution in [2.75, 3.05) is 13.1 Å². The van der Waals surface area contributed by atoms with E-state index in [4.69, 9.17) is 0 Å². The zero-order valence-corrected chi connectivity index (χ0v) is 12.0.